The highest BCUT2D eigenvalue weighted by Gasteiger charge is 2.71. The van der Waals surface area contributed by atoms with Gasteiger partial charge in [-0.3, -0.25) is 14.2 Å². The minimum Gasteiger partial charge on any atom is -0.481 e. The second-order valence-corrected chi connectivity index (χ2v) is 27.4. The summed E-state index contributed by atoms with van der Waals surface area (Å²) in [5.41, 5.74) is -0.443. The lowest BCUT2D eigenvalue weighted by atomic mass is 9.42. The van der Waals surface area contributed by atoms with Crippen LogP contribution < -0.4 is 5.32 Å². The lowest BCUT2D eigenvalue weighted by Crippen LogP contribution is -2.67. The molecule has 11 rings (SSSR count). The number of ether oxygens (including phenoxy) is 9. The van der Waals surface area contributed by atoms with Crippen LogP contribution in [0.1, 0.15) is 150 Å². The molecule has 4 saturated carbocycles. The molecule has 1 amide bonds. The van der Waals surface area contributed by atoms with Gasteiger partial charge in [-0.15, -0.1) is 0 Å². The number of rotatable bonds is 22. The van der Waals surface area contributed by atoms with Crippen molar-refractivity contribution in [3.8, 4) is 0 Å². The number of esters is 1. The van der Waals surface area contributed by atoms with E-state index < -0.39 is 121 Å². The number of likely N-dealkylation sites (N-methyl/N-ethyl adjacent to an activating group) is 1. The van der Waals surface area contributed by atoms with Crippen LogP contribution in [-0.2, 0) is 57.0 Å². The first-order chi connectivity index (χ1) is 41.9. The Labute approximate surface area is 512 Å². The van der Waals surface area contributed by atoms with Crippen LogP contribution in [0.2, 0.25) is 0 Å². The van der Waals surface area contributed by atoms with Crippen molar-refractivity contribution < 1.29 is 97.9 Å². The molecule has 2 aromatic rings. The van der Waals surface area contributed by atoms with E-state index in [1.54, 1.807) is 27.0 Å². The molecule has 9 N–H and O–H groups in total. The van der Waals surface area contributed by atoms with Crippen LogP contribution in [0.5, 0.6) is 0 Å². The number of amides is 1. The number of cyclic esters (lactones) is 1. The molecule has 9 aliphatic rings. The van der Waals surface area contributed by atoms with Crippen molar-refractivity contribution in [1.82, 2.24) is 24.4 Å². The number of nitrogens with zero attached hydrogens (tertiary/aromatic N) is 5. The summed E-state index contributed by atoms with van der Waals surface area (Å²) in [7, 11) is 1.78. The summed E-state index contributed by atoms with van der Waals surface area (Å²) in [4.78, 5) is 50.8. The number of nitrogens with one attached hydrogen (secondary N) is 1. The number of aliphatic carboxylic acids is 1. The normalized spacial score (nSPS) is 43.5. The molecule has 4 aliphatic carbocycles. The molecular weight excluding hydrogens is 1150 g/mol. The number of aromatic nitrogens is 4. The lowest BCUT2D eigenvalue weighted by molar-refractivity contribution is -0.337. The Kier molecular flexibility index (Phi) is 20.1. The van der Waals surface area contributed by atoms with Crippen molar-refractivity contribution in [3.63, 3.8) is 0 Å². The summed E-state index contributed by atoms with van der Waals surface area (Å²) < 4.78 is 56.9. The molecule has 5 aliphatic heterocycles. The summed E-state index contributed by atoms with van der Waals surface area (Å²) >= 11 is 0. The average molecular weight is 1240 g/mol. The van der Waals surface area contributed by atoms with E-state index in [-0.39, 0.29) is 103 Å². The summed E-state index contributed by atoms with van der Waals surface area (Å²) in [5.74, 6) is -0.933. The van der Waals surface area contributed by atoms with Crippen LogP contribution in [0.3, 0.4) is 0 Å². The zero-order valence-corrected chi connectivity index (χ0v) is 51.5. The number of aliphatic hydroxyl groups is 7. The topological polar surface area (TPSA) is 355 Å². The summed E-state index contributed by atoms with van der Waals surface area (Å²) in [6.07, 6.45) is -1.09. The van der Waals surface area contributed by atoms with Gasteiger partial charge in [0.05, 0.1) is 60.8 Å². The molecule has 2 aromatic heterocycles. The summed E-state index contributed by atoms with van der Waals surface area (Å²) in [6, 6.07) is 0. The molecule has 7 heterocycles. The Bertz CT molecular complexity index is 2760. The number of carbonyl (C=O) groups excluding carboxylic acids is 2. The van der Waals surface area contributed by atoms with Crippen molar-refractivity contribution >= 4 is 34.8 Å². The van der Waals surface area contributed by atoms with Crippen LogP contribution in [0.25, 0.3) is 11.2 Å². The molecule has 88 heavy (non-hydrogen) atoms. The fourth-order valence-corrected chi connectivity index (χ4v) is 17.1. The molecule has 8 fully saturated rings. The standard InChI is InChI=1S/C62H94N6O20/c1-31-54(80-20-9-7-8-11-45(73)66-57-51-58(64-29-63-57)68(30-65-51)59-53(78)52(77)43(86-59)27-67(6)19-10-12-46(74)75)40(69)24-49(82-31)87-56-33(3)84-50(26-42(56)71)88-55-32(2)83-48(25-41(55)70)85-36-15-17-60(4)35(22-36)13-14-38-39(60)23-44(72)61(5)37(16-18-62(38,61)79)34-21-47(76)81-28-34/h21,29-33,35-44,48-50,52-56,59,69-72,77-79H,7-20,22-28H2,1-6H3,(H,74,75)(H,63,64,66,73)/t31-,32-,33-,35-,36-,37-,38?,39?,40+,41+,42+,43-,44-,48+,49?,50?,52-,53-,54-,55-,56-,59-,60+,61+,62+/m1/s1. The van der Waals surface area contributed by atoms with Gasteiger partial charge in [0.25, 0.3) is 0 Å². The number of unbranched alkanes of at least 4 members (excludes halogenated alkanes) is 2. The number of hydrogen-bond acceptors (Lipinski definition) is 23. The van der Waals surface area contributed by atoms with E-state index in [0.717, 1.165) is 44.1 Å². The zero-order valence-electron chi connectivity index (χ0n) is 51.5. The first kappa shape index (κ1) is 65.5. The number of anilines is 1. The maximum atomic E-state index is 13.1. The number of aliphatic hydroxyl groups excluding tert-OH is 6. The molecular formula is C62H94N6O20. The van der Waals surface area contributed by atoms with Crippen molar-refractivity contribution in [2.45, 2.75) is 260 Å². The lowest BCUT2D eigenvalue weighted by Gasteiger charge is -2.65. The van der Waals surface area contributed by atoms with Crippen LogP contribution in [0.4, 0.5) is 5.82 Å². The predicted molar refractivity (Wildman–Crippen MR) is 309 cm³/mol. The Balaban J connectivity index is 0.571. The minimum absolute atomic E-state index is 0.0130. The van der Waals surface area contributed by atoms with E-state index in [9.17, 15) is 50.1 Å². The molecule has 0 bridgehead atoms. The van der Waals surface area contributed by atoms with Gasteiger partial charge in [-0.05, 0) is 140 Å². The van der Waals surface area contributed by atoms with Crippen LogP contribution in [-0.4, -0.2) is 226 Å². The van der Waals surface area contributed by atoms with Gasteiger partial charge in [-0.25, -0.2) is 19.7 Å². The van der Waals surface area contributed by atoms with Crippen LogP contribution in [0, 0.1) is 34.5 Å². The molecule has 26 heteroatoms. The fraction of sp³-hybridized carbons (Fsp3) is 0.839. The fourth-order valence-electron chi connectivity index (χ4n) is 17.1. The van der Waals surface area contributed by atoms with Gasteiger partial charge >= 0.3 is 11.9 Å². The average Bonchev–Trinajstić information content (AvgIpc) is 1.36. The van der Waals surface area contributed by atoms with Crippen molar-refractivity contribution in [3.05, 3.63) is 24.3 Å². The molecule has 0 spiro atoms. The van der Waals surface area contributed by atoms with Gasteiger partial charge in [0, 0.05) is 56.7 Å². The predicted octanol–water partition coefficient (Wildman–Crippen LogP) is 3.00. The van der Waals surface area contributed by atoms with Gasteiger partial charge in [0.15, 0.2) is 42.1 Å². The number of hydrogen-bond donors (Lipinski definition) is 9. The number of carbonyl (C=O) groups is 3. The third-order valence-corrected chi connectivity index (χ3v) is 21.9. The molecule has 25 atom stereocenters. The molecule has 492 valence electrons. The SMILES string of the molecule is C[C@H]1OC(O[C@H]2[C@@H](O)CC(O[C@H]3[C@@H](O)C[C@H](O[C@@H]4CC[C@]5(C)C6C[C@@H](O)[C@]7(C)[C@@H](C8=CC(=O)OC8)CC[C@]7(O)C6CC[C@@H]5C4)O[C@@H]3C)O[C@@H]2C)C[C@H](O)[C@@H]1OCCCCCC(=O)Nc1ncnc2c1ncn2[C@@H]1O[C@H](CN(C)CCCC(=O)O)[C@@H](O)[C@H]1O. The van der Waals surface area contributed by atoms with Crippen LogP contribution in [0.15, 0.2) is 24.3 Å². The van der Waals surface area contributed by atoms with E-state index in [4.69, 9.17) is 47.7 Å². The first-order valence-corrected chi connectivity index (χ1v) is 32.2. The van der Waals surface area contributed by atoms with E-state index in [2.05, 4.69) is 27.2 Å². The van der Waals surface area contributed by atoms with E-state index in [1.807, 2.05) is 18.7 Å². The number of imidazole rings is 1. The van der Waals surface area contributed by atoms with Crippen LogP contribution >= 0.6 is 0 Å². The number of carboxylic acid groups (broad SMARTS) is 1. The highest BCUT2D eigenvalue weighted by Crippen LogP contribution is 2.70. The highest BCUT2D eigenvalue weighted by molar-refractivity contribution is 5.96. The molecule has 4 unspecified atom stereocenters. The molecule has 0 radical (unpaired) electrons. The molecule has 0 aromatic carbocycles. The molecule has 26 nitrogen and oxygen atoms in total. The largest absolute Gasteiger partial charge is 0.481 e. The number of carboxylic acids is 1. The van der Waals surface area contributed by atoms with E-state index >= 15 is 0 Å². The highest BCUT2D eigenvalue weighted by atomic mass is 16.7. The van der Waals surface area contributed by atoms with Gasteiger partial charge < -0.3 is 93.7 Å². The Morgan fingerprint density at radius 1 is 0.750 bits per heavy atom. The summed E-state index contributed by atoms with van der Waals surface area (Å²) in [6.45, 7) is 11.0. The maximum absolute atomic E-state index is 13.1. The number of fused-ring (bicyclic) bond motifs is 6. The van der Waals surface area contributed by atoms with Crippen molar-refractivity contribution in [2.24, 2.45) is 34.5 Å². The smallest absolute Gasteiger partial charge is 0.331 e. The monoisotopic (exact) mass is 1240 g/mol. The van der Waals surface area contributed by atoms with Gasteiger partial charge in [-0.1, -0.05) is 20.3 Å². The third kappa shape index (κ3) is 13.1. The summed E-state index contributed by atoms with van der Waals surface area (Å²) in [5, 5.41) is 92.3. The second-order valence-electron chi connectivity index (χ2n) is 27.4. The van der Waals surface area contributed by atoms with Crippen molar-refractivity contribution in [1.29, 1.82) is 0 Å². The van der Waals surface area contributed by atoms with Gasteiger partial charge in [-0.2, -0.15) is 0 Å². The molecule has 4 saturated heterocycles. The quantitative estimate of drug-likeness (QED) is 0.0465. The van der Waals surface area contributed by atoms with Gasteiger partial charge in [0.1, 0.15) is 49.6 Å². The minimum atomic E-state index is -1.31. The third-order valence-electron chi connectivity index (χ3n) is 21.9. The Hall–Kier alpha value is -3.94. The Morgan fingerprint density at radius 2 is 1.42 bits per heavy atom. The van der Waals surface area contributed by atoms with Crippen molar-refractivity contribution in [2.75, 3.05) is 38.7 Å². The van der Waals surface area contributed by atoms with E-state index in [1.165, 1.54) is 17.2 Å². The maximum Gasteiger partial charge on any atom is 0.331 e. The second kappa shape index (κ2) is 27.0. The first-order valence-electron chi connectivity index (χ1n) is 32.2. The van der Waals surface area contributed by atoms with Gasteiger partial charge in [0.2, 0.25) is 5.91 Å². The zero-order chi connectivity index (χ0) is 62.6. The Morgan fingerprint density at radius 3 is 2.07 bits per heavy atom. The van der Waals surface area contributed by atoms with E-state index in [0.29, 0.717) is 57.6 Å².